The second-order valence-electron chi connectivity index (χ2n) is 6.37. The van der Waals surface area contributed by atoms with Gasteiger partial charge in [0.25, 0.3) is 0 Å². The highest BCUT2D eigenvalue weighted by Crippen LogP contribution is 2.21. The summed E-state index contributed by atoms with van der Waals surface area (Å²) in [6.45, 7) is 6.53. The normalized spacial score (nSPS) is 20.8. The van der Waals surface area contributed by atoms with Crippen LogP contribution in [0.1, 0.15) is 25.8 Å². The van der Waals surface area contributed by atoms with Crippen molar-refractivity contribution in [3.63, 3.8) is 0 Å². The van der Waals surface area contributed by atoms with Gasteiger partial charge in [0, 0.05) is 31.2 Å². The first-order valence-corrected chi connectivity index (χ1v) is 8.34. The van der Waals surface area contributed by atoms with Crippen molar-refractivity contribution < 1.29 is 9.53 Å². The molecule has 6 heteroatoms. The van der Waals surface area contributed by atoms with Gasteiger partial charge in [0.15, 0.2) is 0 Å². The fraction of sp³-hybridized carbons (Fsp3) is 0.444. The van der Waals surface area contributed by atoms with Crippen molar-refractivity contribution in [3.05, 3.63) is 48.5 Å². The van der Waals surface area contributed by atoms with Crippen LogP contribution in [-0.2, 0) is 11.3 Å². The zero-order chi connectivity index (χ0) is 17.0. The predicted octanol–water partition coefficient (Wildman–Crippen LogP) is 2.58. The molecule has 1 aliphatic heterocycles. The minimum atomic E-state index is -0.234. The Morgan fingerprint density at radius 2 is 2.17 bits per heavy atom. The lowest BCUT2D eigenvalue weighted by Gasteiger charge is -2.39. The molecule has 0 unspecified atom stereocenters. The highest BCUT2D eigenvalue weighted by atomic mass is 16.5. The molecule has 1 N–H and O–H groups in total. The first kappa shape index (κ1) is 16.5. The van der Waals surface area contributed by atoms with E-state index in [0.717, 1.165) is 17.7 Å². The molecule has 1 aromatic carbocycles. The van der Waals surface area contributed by atoms with Gasteiger partial charge in [-0.05, 0) is 31.0 Å². The summed E-state index contributed by atoms with van der Waals surface area (Å²) in [6.07, 6.45) is 6.31. The van der Waals surface area contributed by atoms with E-state index in [1.807, 2.05) is 39.9 Å². The third-order valence-electron chi connectivity index (χ3n) is 4.55. The third kappa shape index (κ3) is 3.76. The molecule has 6 nitrogen and oxygen atoms in total. The fourth-order valence-corrected chi connectivity index (χ4v) is 2.81. The first-order valence-electron chi connectivity index (χ1n) is 8.34. The second-order valence-corrected chi connectivity index (χ2v) is 6.37. The maximum absolute atomic E-state index is 12.4. The molecule has 2 amide bonds. The second kappa shape index (κ2) is 7.05. The fourth-order valence-electron chi connectivity index (χ4n) is 2.81. The van der Waals surface area contributed by atoms with E-state index in [0.29, 0.717) is 26.2 Å². The van der Waals surface area contributed by atoms with Gasteiger partial charge in [-0.3, -0.25) is 0 Å². The minimum Gasteiger partial charge on any atom is -0.372 e. The van der Waals surface area contributed by atoms with Gasteiger partial charge < -0.3 is 19.5 Å². The number of nitrogens with zero attached hydrogens (tertiary/aromatic N) is 3. The molecule has 2 aromatic rings. The molecule has 2 heterocycles. The summed E-state index contributed by atoms with van der Waals surface area (Å²) in [6, 6.07) is 8.05. The maximum Gasteiger partial charge on any atom is 0.317 e. The van der Waals surface area contributed by atoms with Crippen LogP contribution >= 0.6 is 0 Å². The van der Waals surface area contributed by atoms with Crippen molar-refractivity contribution in [1.82, 2.24) is 19.8 Å². The number of ether oxygens (including phenoxy) is 1. The van der Waals surface area contributed by atoms with E-state index in [9.17, 15) is 4.79 Å². The molecule has 1 aliphatic rings. The van der Waals surface area contributed by atoms with Crippen LogP contribution in [-0.4, -0.2) is 45.8 Å². The summed E-state index contributed by atoms with van der Waals surface area (Å²) in [7, 11) is 0. The number of carbonyl (C=O) groups excluding carboxylic acids is 1. The molecule has 3 rings (SSSR count). The monoisotopic (exact) mass is 328 g/mol. The molecule has 24 heavy (non-hydrogen) atoms. The molecule has 0 saturated carbocycles. The van der Waals surface area contributed by atoms with Gasteiger partial charge in [0.1, 0.15) is 0 Å². The molecule has 0 radical (unpaired) electrons. The average Bonchev–Trinajstić information content (AvgIpc) is 3.15. The topological polar surface area (TPSA) is 59.4 Å². The number of benzene rings is 1. The van der Waals surface area contributed by atoms with Crippen LogP contribution in [0.3, 0.4) is 0 Å². The summed E-state index contributed by atoms with van der Waals surface area (Å²) in [4.78, 5) is 18.3. The van der Waals surface area contributed by atoms with Crippen molar-refractivity contribution >= 4 is 6.03 Å². The van der Waals surface area contributed by atoms with E-state index in [1.54, 1.807) is 12.5 Å². The average molecular weight is 328 g/mol. The van der Waals surface area contributed by atoms with Crippen molar-refractivity contribution in [2.24, 2.45) is 0 Å². The number of amides is 2. The lowest BCUT2D eigenvalue weighted by atomic mass is 10.0. The number of morpholine rings is 1. The van der Waals surface area contributed by atoms with Gasteiger partial charge in [-0.25, -0.2) is 9.78 Å². The lowest BCUT2D eigenvalue weighted by Crippen LogP contribution is -2.54. The van der Waals surface area contributed by atoms with Crippen LogP contribution in [0.25, 0.3) is 5.69 Å². The number of nitrogens with one attached hydrogen (secondary N) is 1. The molecule has 128 valence electrons. The Kier molecular flexibility index (Phi) is 4.85. The van der Waals surface area contributed by atoms with Gasteiger partial charge in [0.2, 0.25) is 0 Å². The van der Waals surface area contributed by atoms with Crippen LogP contribution in [0.5, 0.6) is 0 Å². The molecule has 0 spiro atoms. The largest absolute Gasteiger partial charge is 0.372 e. The summed E-state index contributed by atoms with van der Waals surface area (Å²) in [5, 5.41) is 3.00. The molecule has 1 fully saturated rings. The number of carbonyl (C=O) groups is 1. The number of hydrogen-bond donors (Lipinski definition) is 1. The Balaban J connectivity index is 1.54. The van der Waals surface area contributed by atoms with Crippen molar-refractivity contribution in [1.29, 1.82) is 0 Å². The van der Waals surface area contributed by atoms with Gasteiger partial charge in [-0.1, -0.05) is 19.1 Å². The molecule has 0 aliphatic carbocycles. The Bertz CT molecular complexity index is 669. The SMILES string of the molecule is CC[C@]1(C)CN(C(=O)NCc2ccc(-n3ccnc3)cc2)CCO1. The molecular weight excluding hydrogens is 304 g/mol. The van der Waals surface area contributed by atoms with E-state index >= 15 is 0 Å². The molecular formula is C18H24N4O2. The van der Waals surface area contributed by atoms with E-state index in [4.69, 9.17) is 4.74 Å². The summed E-state index contributed by atoms with van der Waals surface area (Å²) < 4.78 is 7.72. The van der Waals surface area contributed by atoms with Gasteiger partial charge in [-0.15, -0.1) is 0 Å². The van der Waals surface area contributed by atoms with Crippen LogP contribution < -0.4 is 5.32 Å². The maximum atomic E-state index is 12.4. The Hall–Kier alpha value is -2.34. The number of rotatable bonds is 4. The Morgan fingerprint density at radius 3 is 2.83 bits per heavy atom. The van der Waals surface area contributed by atoms with Crippen molar-refractivity contribution in [2.45, 2.75) is 32.4 Å². The van der Waals surface area contributed by atoms with Gasteiger partial charge >= 0.3 is 6.03 Å². The van der Waals surface area contributed by atoms with Crippen LogP contribution in [0.15, 0.2) is 43.0 Å². The van der Waals surface area contributed by atoms with E-state index in [-0.39, 0.29) is 11.6 Å². The van der Waals surface area contributed by atoms with E-state index < -0.39 is 0 Å². The molecule has 1 aromatic heterocycles. The Morgan fingerprint density at radius 1 is 1.38 bits per heavy atom. The van der Waals surface area contributed by atoms with Crippen molar-refractivity contribution in [2.75, 3.05) is 19.7 Å². The molecule has 0 bridgehead atoms. The van der Waals surface area contributed by atoms with Gasteiger partial charge in [-0.2, -0.15) is 0 Å². The summed E-state index contributed by atoms with van der Waals surface area (Å²) in [5.41, 5.74) is 1.88. The summed E-state index contributed by atoms with van der Waals surface area (Å²) in [5.74, 6) is 0. The molecule has 1 atom stereocenters. The van der Waals surface area contributed by atoms with Gasteiger partial charge in [0.05, 0.1) is 25.1 Å². The minimum absolute atomic E-state index is 0.0309. The third-order valence-corrected chi connectivity index (χ3v) is 4.55. The first-order chi connectivity index (χ1) is 11.6. The number of hydrogen-bond acceptors (Lipinski definition) is 3. The predicted molar refractivity (Wildman–Crippen MR) is 92.0 cm³/mol. The smallest absolute Gasteiger partial charge is 0.317 e. The zero-order valence-electron chi connectivity index (χ0n) is 14.2. The van der Waals surface area contributed by atoms with E-state index in [2.05, 4.69) is 24.1 Å². The van der Waals surface area contributed by atoms with Crippen LogP contribution in [0.4, 0.5) is 4.79 Å². The number of aromatic nitrogens is 2. The number of imidazole rings is 1. The number of urea groups is 1. The van der Waals surface area contributed by atoms with Crippen molar-refractivity contribution in [3.8, 4) is 5.69 Å². The van der Waals surface area contributed by atoms with E-state index in [1.165, 1.54) is 0 Å². The lowest BCUT2D eigenvalue weighted by molar-refractivity contribution is -0.0872. The standard InChI is InChI=1S/C18H24N4O2/c1-3-18(2)13-21(10-11-24-18)17(23)20-12-15-4-6-16(7-5-15)22-9-8-19-14-22/h4-9,14H,3,10-13H2,1-2H3,(H,20,23)/t18-/m1/s1. The Labute approximate surface area is 142 Å². The van der Waals surface area contributed by atoms with Crippen LogP contribution in [0, 0.1) is 0 Å². The summed E-state index contributed by atoms with van der Waals surface area (Å²) >= 11 is 0. The van der Waals surface area contributed by atoms with Crippen LogP contribution in [0.2, 0.25) is 0 Å². The molecule has 1 saturated heterocycles. The highest BCUT2D eigenvalue weighted by Gasteiger charge is 2.32. The highest BCUT2D eigenvalue weighted by molar-refractivity contribution is 5.74. The zero-order valence-corrected chi connectivity index (χ0v) is 14.2. The quantitative estimate of drug-likeness (QED) is 0.938.